The molecule has 1 aliphatic heterocycles. The predicted molar refractivity (Wildman–Crippen MR) is 103 cm³/mol. The number of hydrogen-bond donors (Lipinski definition) is 3. The van der Waals surface area contributed by atoms with Crippen molar-refractivity contribution < 1.29 is 19.3 Å². The zero-order valence-corrected chi connectivity index (χ0v) is 15.8. The van der Waals surface area contributed by atoms with E-state index >= 15 is 0 Å². The number of rotatable bonds is 6. The van der Waals surface area contributed by atoms with Crippen LogP contribution in [0.1, 0.15) is 21.7 Å². The molecule has 156 valence electrons. The van der Waals surface area contributed by atoms with E-state index in [1.54, 1.807) is 18.2 Å². The fraction of sp³-hybridized carbons (Fsp3) is 0.294. The lowest BCUT2D eigenvalue weighted by Crippen LogP contribution is -2.36. The highest BCUT2D eigenvalue weighted by Crippen LogP contribution is 2.18. The molecule has 0 spiro atoms. The van der Waals surface area contributed by atoms with Crippen molar-refractivity contribution in [3.63, 3.8) is 0 Å². The number of amides is 1. The van der Waals surface area contributed by atoms with Crippen molar-refractivity contribution in [2.75, 3.05) is 32.0 Å². The summed E-state index contributed by atoms with van der Waals surface area (Å²) in [5.41, 5.74) is 9.13. The SMILES string of the molecule is Nc1nonc1-n1nnc(CN2CCOCC2)c1C(=O)N/N=C\c1ccccc1O. The van der Waals surface area contributed by atoms with Gasteiger partial charge in [0.1, 0.15) is 11.4 Å². The number of nitrogen functional groups attached to an aromatic ring is 1. The van der Waals surface area contributed by atoms with Gasteiger partial charge in [-0.05, 0) is 22.4 Å². The Hall–Kier alpha value is -3.84. The zero-order valence-electron chi connectivity index (χ0n) is 15.8. The van der Waals surface area contributed by atoms with E-state index in [-0.39, 0.29) is 23.1 Å². The van der Waals surface area contributed by atoms with E-state index < -0.39 is 5.91 Å². The van der Waals surface area contributed by atoms with Crippen molar-refractivity contribution >= 4 is 17.9 Å². The number of benzene rings is 1. The number of anilines is 1. The van der Waals surface area contributed by atoms with Crippen molar-refractivity contribution in [1.82, 2.24) is 35.6 Å². The van der Waals surface area contributed by atoms with Gasteiger partial charge in [0.2, 0.25) is 11.6 Å². The monoisotopic (exact) mass is 413 g/mol. The Balaban J connectivity index is 1.60. The van der Waals surface area contributed by atoms with Crippen molar-refractivity contribution in [3.8, 4) is 11.6 Å². The molecule has 1 fully saturated rings. The molecule has 4 rings (SSSR count). The number of phenolic OH excluding ortho intramolecular Hbond substituents is 1. The van der Waals surface area contributed by atoms with E-state index in [0.717, 1.165) is 4.68 Å². The molecule has 1 aromatic carbocycles. The molecule has 13 heteroatoms. The van der Waals surface area contributed by atoms with Crippen LogP contribution in [0.3, 0.4) is 0 Å². The van der Waals surface area contributed by atoms with Gasteiger partial charge < -0.3 is 15.6 Å². The summed E-state index contributed by atoms with van der Waals surface area (Å²) in [5.74, 6) is -0.538. The molecule has 2 aromatic heterocycles. The lowest BCUT2D eigenvalue weighted by Gasteiger charge is -2.25. The van der Waals surface area contributed by atoms with Gasteiger partial charge in [-0.2, -0.15) is 9.78 Å². The molecule has 3 heterocycles. The van der Waals surface area contributed by atoms with Gasteiger partial charge in [-0.15, -0.1) is 5.10 Å². The molecule has 1 amide bonds. The number of nitrogens with two attached hydrogens (primary N) is 1. The molecule has 1 aliphatic rings. The first-order valence-electron chi connectivity index (χ1n) is 9.08. The average Bonchev–Trinajstić information content (AvgIpc) is 3.36. The molecular formula is C17H19N9O4. The highest BCUT2D eigenvalue weighted by molar-refractivity contribution is 5.95. The fourth-order valence-electron chi connectivity index (χ4n) is 2.91. The average molecular weight is 413 g/mol. The highest BCUT2D eigenvalue weighted by Gasteiger charge is 2.26. The molecule has 0 saturated carbocycles. The molecule has 0 atom stereocenters. The summed E-state index contributed by atoms with van der Waals surface area (Å²) in [7, 11) is 0. The first-order valence-corrected chi connectivity index (χ1v) is 9.08. The number of ether oxygens (including phenoxy) is 1. The van der Waals surface area contributed by atoms with Gasteiger partial charge in [0.15, 0.2) is 5.69 Å². The smallest absolute Gasteiger partial charge is 0.292 e. The van der Waals surface area contributed by atoms with Gasteiger partial charge in [0.05, 0.1) is 19.4 Å². The Bertz CT molecular complexity index is 1060. The third kappa shape index (κ3) is 4.11. The summed E-state index contributed by atoms with van der Waals surface area (Å²) in [6.45, 7) is 2.97. The molecule has 4 N–H and O–H groups in total. The molecule has 0 aliphatic carbocycles. The lowest BCUT2D eigenvalue weighted by molar-refractivity contribution is 0.0335. The molecule has 0 radical (unpaired) electrons. The topological polar surface area (TPSA) is 170 Å². The van der Waals surface area contributed by atoms with Crippen LogP contribution in [0.25, 0.3) is 5.82 Å². The third-order valence-corrected chi connectivity index (χ3v) is 4.43. The number of hydrazone groups is 1. The summed E-state index contributed by atoms with van der Waals surface area (Å²) >= 11 is 0. The largest absolute Gasteiger partial charge is 0.507 e. The second kappa shape index (κ2) is 8.67. The van der Waals surface area contributed by atoms with E-state index in [4.69, 9.17) is 10.5 Å². The number of carbonyl (C=O) groups is 1. The first-order chi connectivity index (χ1) is 14.6. The van der Waals surface area contributed by atoms with Crippen LogP contribution in [0, 0.1) is 0 Å². The number of aromatic hydroxyl groups is 1. The lowest BCUT2D eigenvalue weighted by atomic mass is 10.2. The van der Waals surface area contributed by atoms with E-state index in [0.29, 0.717) is 44.1 Å². The van der Waals surface area contributed by atoms with Crippen LogP contribution >= 0.6 is 0 Å². The van der Waals surface area contributed by atoms with Crippen LogP contribution in [-0.2, 0) is 11.3 Å². The molecule has 3 aromatic rings. The second-order valence-corrected chi connectivity index (χ2v) is 6.42. The van der Waals surface area contributed by atoms with Gasteiger partial charge in [-0.25, -0.2) is 10.1 Å². The number of hydrogen-bond acceptors (Lipinski definition) is 11. The van der Waals surface area contributed by atoms with Crippen molar-refractivity contribution in [2.45, 2.75) is 6.54 Å². The standard InChI is InChI=1S/C17H19N9O4/c18-15-16(23-30-22-15)26-14(12(20-24-26)10-25-5-7-29-8-6-25)17(28)21-19-9-11-3-1-2-4-13(11)27/h1-4,9,27H,5-8,10H2,(H2,18,22)(H,21,28)/b19-9-. The van der Waals surface area contributed by atoms with Crippen molar-refractivity contribution in [1.29, 1.82) is 0 Å². The van der Waals surface area contributed by atoms with Gasteiger partial charge in [0.25, 0.3) is 5.91 Å². The summed E-state index contributed by atoms with van der Waals surface area (Å²) in [6.07, 6.45) is 1.33. The fourth-order valence-corrected chi connectivity index (χ4v) is 2.91. The Morgan fingerprint density at radius 2 is 2.10 bits per heavy atom. The number of carbonyl (C=O) groups excluding carboxylic acids is 1. The first kappa shape index (κ1) is 19.5. The summed E-state index contributed by atoms with van der Waals surface area (Å²) in [6, 6.07) is 6.60. The van der Waals surface area contributed by atoms with E-state index in [9.17, 15) is 9.90 Å². The summed E-state index contributed by atoms with van der Waals surface area (Å²) in [4.78, 5) is 15.0. The highest BCUT2D eigenvalue weighted by atomic mass is 16.6. The molecule has 1 saturated heterocycles. The van der Waals surface area contributed by atoms with Crippen LogP contribution in [0.5, 0.6) is 5.75 Å². The quantitative estimate of drug-likeness (QED) is 0.355. The van der Waals surface area contributed by atoms with Gasteiger partial charge >= 0.3 is 0 Å². The molecular weight excluding hydrogens is 394 g/mol. The van der Waals surface area contributed by atoms with Crippen LogP contribution in [-0.4, -0.2) is 73.7 Å². The number of nitrogens with one attached hydrogen (secondary N) is 1. The van der Waals surface area contributed by atoms with Crippen molar-refractivity contribution in [2.24, 2.45) is 5.10 Å². The maximum atomic E-state index is 12.9. The molecule has 13 nitrogen and oxygen atoms in total. The zero-order chi connectivity index (χ0) is 20.9. The van der Waals surface area contributed by atoms with Crippen molar-refractivity contribution in [3.05, 3.63) is 41.2 Å². The molecule has 0 bridgehead atoms. The second-order valence-electron chi connectivity index (χ2n) is 6.42. The summed E-state index contributed by atoms with van der Waals surface area (Å²) < 4.78 is 11.1. The van der Waals surface area contributed by atoms with Gasteiger partial charge in [-0.3, -0.25) is 9.69 Å². The van der Waals surface area contributed by atoms with Crippen LogP contribution in [0.2, 0.25) is 0 Å². The number of aromatic nitrogens is 5. The summed E-state index contributed by atoms with van der Waals surface area (Å²) in [5, 5.41) is 29.0. The number of morpholine rings is 1. The minimum atomic E-state index is -0.586. The Labute approximate surface area is 170 Å². The van der Waals surface area contributed by atoms with Crippen LogP contribution in [0.4, 0.5) is 5.82 Å². The number of phenols is 1. The number of nitrogens with zero attached hydrogens (tertiary/aromatic N) is 7. The predicted octanol–water partition coefficient (Wildman–Crippen LogP) is -0.466. The van der Waals surface area contributed by atoms with E-state index in [1.807, 2.05) is 0 Å². The van der Waals surface area contributed by atoms with E-state index in [2.05, 4.69) is 40.7 Å². The van der Waals surface area contributed by atoms with E-state index in [1.165, 1.54) is 12.3 Å². The van der Waals surface area contributed by atoms with Gasteiger partial charge in [0, 0.05) is 25.2 Å². The normalized spacial score (nSPS) is 14.9. The third-order valence-electron chi connectivity index (χ3n) is 4.43. The number of para-hydroxylation sites is 1. The van der Waals surface area contributed by atoms with Gasteiger partial charge in [-0.1, -0.05) is 17.3 Å². The molecule has 0 unspecified atom stereocenters. The molecule has 30 heavy (non-hydrogen) atoms. The Morgan fingerprint density at radius 1 is 1.30 bits per heavy atom. The maximum absolute atomic E-state index is 12.9. The Kier molecular flexibility index (Phi) is 5.63. The van der Waals surface area contributed by atoms with Crippen LogP contribution < -0.4 is 11.2 Å². The minimum Gasteiger partial charge on any atom is -0.507 e. The van der Waals surface area contributed by atoms with Crippen LogP contribution in [0.15, 0.2) is 34.0 Å². The maximum Gasteiger partial charge on any atom is 0.292 e. The minimum absolute atomic E-state index is 0.0374. The Morgan fingerprint density at radius 3 is 2.83 bits per heavy atom.